The van der Waals surface area contributed by atoms with Crippen LogP contribution in [0.2, 0.25) is 0 Å². The zero-order valence-electron chi connectivity index (χ0n) is 10.8. The average Bonchev–Trinajstić information content (AvgIpc) is 2.93. The highest BCUT2D eigenvalue weighted by Gasteiger charge is 2.09. The Morgan fingerprint density at radius 1 is 1.15 bits per heavy atom. The fraction of sp³-hybridized carbons (Fsp3) is 0.154. The monoisotopic (exact) mass is 273 g/mol. The number of benzene rings is 1. The summed E-state index contributed by atoms with van der Waals surface area (Å²) in [6.45, 7) is 0. The third-order valence-corrected chi connectivity index (χ3v) is 2.44. The van der Waals surface area contributed by atoms with Crippen molar-refractivity contribution < 1.29 is 14.4 Å². The van der Waals surface area contributed by atoms with Crippen molar-refractivity contribution in [3.05, 3.63) is 45.6 Å². The Morgan fingerprint density at radius 2 is 1.80 bits per heavy atom. The Balaban J connectivity index is 2.29. The fourth-order valence-electron chi connectivity index (χ4n) is 1.49. The molecule has 0 unspecified atom stereocenters. The lowest BCUT2D eigenvalue weighted by Gasteiger charge is -2.04. The fourth-order valence-corrected chi connectivity index (χ4v) is 1.49. The van der Waals surface area contributed by atoms with Gasteiger partial charge in [0.25, 0.3) is 0 Å². The quantitative estimate of drug-likeness (QED) is 0.522. The second-order valence-corrected chi connectivity index (χ2v) is 3.75. The maximum absolute atomic E-state index is 10.5. The summed E-state index contributed by atoms with van der Waals surface area (Å²) in [5.41, 5.74) is 1.02. The first-order chi connectivity index (χ1) is 9.62. The Kier molecular flexibility index (Phi) is 3.86. The van der Waals surface area contributed by atoms with Crippen molar-refractivity contribution in [2.75, 3.05) is 14.2 Å². The summed E-state index contributed by atoms with van der Waals surface area (Å²) in [5.74, 6) is 6.58. The van der Waals surface area contributed by atoms with Crippen LogP contribution in [0.25, 0.3) is 0 Å². The summed E-state index contributed by atoms with van der Waals surface area (Å²) >= 11 is 0. The van der Waals surface area contributed by atoms with E-state index in [1.165, 1.54) is 6.07 Å². The van der Waals surface area contributed by atoms with Crippen LogP contribution in [-0.4, -0.2) is 29.3 Å². The second kappa shape index (κ2) is 5.75. The van der Waals surface area contributed by atoms with Gasteiger partial charge in [0.1, 0.15) is 17.2 Å². The molecule has 102 valence electrons. The number of aromatic nitrogens is 2. The van der Waals surface area contributed by atoms with E-state index in [9.17, 15) is 10.1 Å². The highest BCUT2D eigenvalue weighted by molar-refractivity contribution is 5.48. The first kappa shape index (κ1) is 13.4. The van der Waals surface area contributed by atoms with Crippen molar-refractivity contribution >= 4 is 5.82 Å². The van der Waals surface area contributed by atoms with Crippen LogP contribution in [0, 0.1) is 22.0 Å². The number of rotatable bonds is 3. The van der Waals surface area contributed by atoms with E-state index in [0.29, 0.717) is 22.8 Å². The summed E-state index contributed by atoms with van der Waals surface area (Å²) < 4.78 is 10.3. The Hall–Kier alpha value is -3.01. The van der Waals surface area contributed by atoms with Crippen LogP contribution in [0.4, 0.5) is 5.82 Å². The minimum absolute atomic E-state index is 0.266. The van der Waals surface area contributed by atoms with Gasteiger partial charge in [-0.2, -0.15) is 5.10 Å². The molecule has 20 heavy (non-hydrogen) atoms. The lowest BCUT2D eigenvalue weighted by atomic mass is 10.2. The Bertz CT molecular complexity index is 675. The molecular weight excluding hydrogens is 262 g/mol. The molecule has 1 N–H and O–H groups in total. The van der Waals surface area contributed by atoms with Crippen LogP contribution < -0.4 is 9.47 Å². The maximum Gasteiger partial charge on any atom is 0.391 e. The third kappa shape index (κ3) is 3.05. The number of hydrogen-bond donors (Lipinski definition) is 1. The van der Waals surface area contributed by atoms with E-state index in [-0.39, 0.29) is 5.82 Å². The topological polar surface area (TPSA) is 90.3 Å². The molecule has 1 aromatic carbocycles. The van der Waals surface area contributed by atoms with E-state index >= 15 is 0 Å². The molecule has 1 heterocycles. The molecule has 0 spiro atoms. The van der Waals surface area contributed by atoms with Crippen LogP contribution in [0.5, 0.6) is 11.5 Å². The van der Waals surface area contributed by atoms with Crippen LogP contribution in [0.3, 0.4) is 0 Å². The first-order valence-corrected chi connectivity index (χ1v) is 5.57. The molecule has 0 aliphatic carbocycles. The van der Waals surface area contributed by atoms with Gasteiger partial charge in [0.15, 0.2) is 0 Å². The third-order valence-electron chi connectivity index (χ3n) is 2.44. The number of nitrogens with one attached hydrogen (secondary N) is 1. The highest BCUT2D eigenvalue weighted by atomic mass is 16.6. The van der Waals surface area contributed by atoms with Gasteiger partial charge >= 0.3 is 5.82 Å². The molecule has 0 saturated heterocycles. The van der Waals surface area contributed by atoms with Gasteiger partial charge in [-0.1, -0.05) is 5.92 Å². The number of H-pyrrole nitrogens is 1. The van der Waals surface area contributed by atoms with E-state index in [4.69, 9.17) is 9.47 Å². The largest absolute Gasteiger partial charge is 0.497 e. The zero-order chi connectivity index (χ0) is 14.5. The van der Waals surface area contributed by atoms with Gasteiger partial charge in [-0.3, -0.25) is 0 Å². The molecule has 0 fully saturated rings. The Labute approximate surface area is 114 Å². The van der Waals surface area contributed by atoms with Crippen LogP contribution in [-0.2, 0) is 0 Å². The standard InChI is InChI=1S/C13H11N3O4/c1-19-11-5-9(6-12(8-11)20-2)3-4-10-7-13(15-14-10)16(17)18/h5-8H,1-2H3,(H,14,15). The molecule has 2 aromatic rings. The molecule has 0 amide bonds. The number of aromatic amines is 1. The predicted octanol–water partition coefficient (Wildman–Crippen LogP) is 1.73. The van der Waals surface area contributed by atoms with E-state index in [1.807, 2.05) is 0 Å². The number of nitro groups is 1. The van der Waals surface area contributed by atoms with Gasteiger partial charge < -0.3 is 19.6 Å². The SMILES string of the molecule is COc1cc(C#Cc2cc([N+](=O)[O-])n[nH]2)cc(OC)c1. The summed E-state index contributed by atoms with van der Waals surface area (Å²) in [7, 11) is 3.09. The van der Waals surface area contributed by atoms with E-state index < -0.39 is 4.92 Å². The van der Waals surface area contributed by atoms with Crippen LogP contribution >= 0.6 is 0 Å². The molecule has 0 bridgehead atoms. The molecule has 0 aliphatic heterocycles. The van der Waals surface area contributed by atoms with Gasteiger partial charge in [-0.25, -0.2) is 0 Å². The van der Waals surface area contributed by atoms with Crippen molar-refractivity contribution in [1.82, 2.24) is 10.2 Å². The Morgan fingerprint density at radius 3 is 2.30 bits per heavy atom. The lowest BCUT2D eigenvalue weighted by Crippen LogP contribution is -1.88. The molecular formula is C13H11N3O4. The predicted molar refractivity (Wildman–Crippen MR) is 70.8 cm³/mol. The number of methoxy groups -OCH3 is 2. The van der Waals surface area contributed by atoms with E-state index in [0.717, 1.165) is 0 Å². The number of hydrogen-bond acceptors (Lipinski definition) is 5. The molecule has 0 saturated carbocycles. The smallest absolute Gasteiger partial charge is 0.391 e. The van der Waals surface area contributed by atoms with Crippen LogP contribution in [0.1, 0.15) is 11.3 Å². The highest BCUT2D eigenvalue weighted by Crippen LogP contribution is 2.21. The first-order valence-electron chi connectivity index (χ1n) is 5.57. The molecule has 2 rings (SSSR count). The van der Waals surface area contributed by atoms with E-state index in [1.54, 1.807) is 32.4 Å². The summed E-state index contributed by atoms with van der Waals surface area (Å²) in [5, 5.41) is 16.5. The normalized spacial score (nSPS) is 9.50. The minimum atomic E-state index is -0.587. The molecule has 7 heteroatoms. The van der Waals surface area contributed by atoms with Gasteiger partial charge in [0.2, 0.25) is 0 Å². The molecule has 0 radical (unpaired) electrons. The van der Waals surface area contributed by atoms with Crippen molar-refractivity contribution in [1.29, 1.82) is 0 Å². The van der Waals surface area contributed by atoms with Gasteiger partial charge in [-0.15, -0.1) is 0 Å². The second-order valence-electron chi connectivity index (χ2n) is 3.75. The molecule has 7 nitrogen and oxygen atoms in total. The van der Waals surface area contributed by atoms with Crippen molar-refractivity contribution in [2.45, 2.75) is 0 Å². The molecule has 1 aromatic heterocycles. The van der Waals surface area contributed by atoms with Gasteiger partial charge in [0, 0.05) is 11.6 Å². The number of nitrogens with zero attached hydrogens (tertiary/aromatic N) is 2. The molecule has 0 atom stereocenters. The van der Waals surface area contributed by atoms with Gasteiger partial charge in [-0.05, 0) is 23.0 Å². The minimum Gasteiger partial charge on any atom is -0.497 e. The maximum atomic E-state index is 10.5. The zero-order valence-corrected chi connectivity index (χ0v) is 10.8. The average molecular weight is 273 g/mol. The van der Waals surface area contributed by atoms with Crippen molar-refractivity contribution in [2.24, 2.45) is 0 Å². The summed E-state index contributed by atoms with van der Waals surface area (Å²) in [4.78, 5) is 9.91. The lowest BCUT2D eigenvalue weighted by molar-refractivity contribution is -0.389. The molecule has 0 aliphatic rings. The summed E-state index contributed by atoms with van der Waals surface area (Å²) in [6.07, 6.45) is 0. The summed E-state index contributed by atoms with van der Waals surface area (Å²) in [6, 6.07) is 6.47. The van der Waals surface area contributed by atoms with E-state index in [2.05, 4.69) is 22.0 Å². The van der Waals surface area contributed by atoms with Crippen molar-refractivity contribution in [3.8, 4) is 23.3 Å². The van der Waals surface area contributed by atoms with Gasteiger partial charge in [0.05, 0.1) is 25.4 Å². The van der Waals surface area contributed by atoms with Crippen LogP contribution in [0.15, 0.2) is 24.3 Å². The van der Waals surface area contributed by atoms with Crippen molar-refractivity contribution in [3.63, 3.8) is 0 Å². The number of ether oxygens (including phenoxy) is 2.